The molecule has 0 aliphatic rings. The second-order valence-corrected chi connectivity index (χ2v) is 3.42. The first-order chi connectivity index (χ1) is 6.63. The molecule has 1 rings (SSSR count). The van der Waals surface area contributed by atoms with Crippen molar-refractivity contribution in [2.45, 2.75) is 20.3 Å². The van der Waals surface area contributed by atoms with Crippen LogP contribution in [0.15, 0.2) is 24.3 Å². The van der Waals surface area contributed by atoms with Gasteiger partial charge in [0, 0.05) is 17.3 Å². The van der Waals surface area contributed by atoms with Crippen molar-refractivity contribution in [3.05, 3.63) is 24.3 Å². The lowest BCUT2D eigenvalue weighted by Gasteiger charge is -2.09. The largest absolute Gasteiger partial charge is 0.399 e. The molecule has 0 bridgehead atoms. The second kappa shape index (κ2) is 4.65. The first-order valence-electron chi connectivity index (χ1n) is 4.80. The van der Waals surface area contributed by atoms with Crippen LogP contribution in [0, 0.1) is 5.92 Å². The number of anilines is 2. The van der Waals surface area contributed by atoms with E-state index in [1.54, 1.807) is 12.1 Å². The Morgan fingerprint density at radius 2 is 2.29 bits per heavy atom. The molecule has 0 saturated carbocycles. The van der Waals surface area contributed by atoms with E-state index in [1.165, 1.54) is 0 Å². The molecular weight excluding hydrogens is 176 g/mol. The average molecular weight is 192 g/mol. The van der Waals surface area contributed by atoms with Crippen LogP contribution < -0.4 is 11.1 Å². The highest BCUT2D eigenvalue weighted by molar-refractivity contribution is 5.92. The van der Waals surface area contributed by atoms with Crippen LogP contribution in [-0.4, -0.2) is 5.91 Å². The van der Waals surface area contributed by atoms with Gasteiger partial charge < -0.3 is 11.1 Å². The molecule has 1 aromatic carbocycles. The van der Waals surface area contributed by atoms with Crippen molar-refractivity contribution in [3.8, 4) is 0 Å². The number of amides is 1. The van der Waals surface area contributed by atoms with Crippen molar-refractivity contribution in [2.75, 3.05) is 11.1 Å². The van der Waals surface area contributed by atoms with Gasteiger partial charge in [-0.05, 0) is 24.6 Å². The quantitative estimate of drug-likeness (QED) is 0.722. The smallest absolute Gasteiger partial charge is 0.227 e. The maximum Gasteiger partial charge on any atom is 0.227 e. The summed E-state index contributed by atoms with van der Waals surface area (Å²) >= 11 is 0. The fourth-order valence-corrected chi connectivity index (χ4v) is 1.07. The van der Waals surface area contributed by atoms with Crippen LogP contribution in [0.4, 0.5) is 11.4 Å². The van der Waals surface area contributed by atoms with Gasteiger partial charge >= 0.3 is 0 Å². The Kier molecular flexibility index (Phi) is 3.51. The van der Waals surface area contributed by atoms with E-state index in [1.807, 2.05) is 26.0 Å². The Balaban J connectivity index is 2.65. The lowest BCUT2D eigenvalue weighted by atomic mass is 10.1. The summed E-state index contributed by atoms with van der Waals surface area (Å²) in [7, 11) is 0. The third-order valence-corrected chi connectivity index (χ3v) is 2.21. The van der Waals surface area contributed by atoms with Crippen molar-refractivity contribution >= 4 is 17.3 Å². The van der Waals surface area contributed by atoms with E-state index < -0.39 is 0 Å². The Morgan fingerprint density at radius 3 is 2.86 bits per heavy atom. The van der Waals surface area contributed by atoms with Crippen molar-refractivity contribution in [1.82, 2.24) is 0 Å². The summed E-state index contributed by atoms with van der Waals surface area (Å²) in [5.74, 6) is 0.0783. The lowest BCUT2D eigenvalue weighted by Crippen LogP contribution is -2.19. The molecule has 0 aromatic heterocycles. The SMILES string of the molecule is CCC(C)C(=O)Nc1cccc(N)c1. The zero-order chi connectivity index (χ0) is 10.6. The maximum absolute atomic E-state index is 11.5. The number of carbonyl (C=O) groups excluding carboxylic acids is 1. The molecule has 0 aliphatic heterocycles. The number of nitrogens with two attached hydrogens (primary N) is 1. The summed E-state index contributed by atoms with van der Waals surface area (Å²) in [6, 6.07) is 7.19. The van der Waals surface area contributed by atoms with E-state index in [0.717, 1.165) is 12.1 Å². The molecule has 1 unspecified atom stereocenters. The Morgan fingerprint density at radius 1 is 1.57 bits per heavy atom. The number of benzene rings is 1. The highest BCUT2D eigenvalue weighted by Crippen LogP contribution is 2.13. The zero-order valence-corrected chi connectivity index (χ0v) is 8.58. The average Bonchev–Trinajstić information content (AvgIpc) is 2.16. The summed E-state index contributed by atoms with van der Waals surface area (Å²) in [5, 5.41) is 2.81. The first kappa shape index (κ1) is 10.6. The van der Waals surface area contributed by atoms with E-state index in [-0.39, 0.29) is 11.8 Å². The monoisotopic (exact) mass is 192 g/mol. The van der Waals surface area contributed by atoms with Gasteiger partial charge in [-0.1, -0.05) is 19.9 Å². The molecule has 3 nitrogen and oxygen atoms in total. The van der Waals surface area contributed by atoms with Crippen molar-refractivity contribution in [3.63, 3.8) is 0 Å². The third kappa shape index (κ3) is 2.76. The summed E-state index contributed by atoms with van der Waals surface area (Å²) in [5.41, 5.74) is 7.01. The standard InChI is InChI=1S/C11H16N2O/c1-3-8(2)11(14)13-10-6-4-5-9(12)7-10/h4-8H,3,12H2,1-2H3,(H,13,14). The molecule has 0 radical (unpaired) electrons. The van der Waals surface area contributed by atoms with Gasteiger partial charge in [-0.15, -0.1) is 0 Å². The third-order valence-electron chi connectivity index (χ3n) is 2.21. The summed E-state index contributed by atoms with van der Waals surface area (Å²) in [6.45, 7) is 3.89. The Bertz CT molecular complexity index is 323. The van der Waals surface area contributed by atoms with E-state index in [0.29, 0.717) is 5.69 Å². The van der Waals surface area contributed by atoms with Crippen LogP contribution in [0.3, 0.4) is 0 Å². The normalized spacial score (nSPS) is 12.1. The van der Waals surface area contributed by atoms with Crippen LogP contribution in [0.2, 0.25) is 0 Å². The van der Waals surface area contributed by atoms with Crippen molar-refractivity contribution < 1.29 is 4.79 Å². The lowest BCUT2D eigenvalue weighted by molar-refractivity contribution is -0.119. The van der Waals surface area contributed by atoms with Gasteiger partial charge in [0.15, 0.2) is 0 Å². The maximum atomic E-state index is 11.5. The van der Waals surface area contributed by atoms with Crippen LogP contribution in [0.5, 0.6) is 0 Å². The van der Waals surface area contributed by atoms with Crippen LogP contribution in [0.25, 0.3) is 0 Å². The van der Waals surface area contributed by atoms with Crippen molar-refractivity contribution in [2.24, 2.45) is 5.92 Å². The molecule has 1 aromatic rings. The molecule has 3 N–H and O–H groups in total. The summed E-state index contributed by atoms with van der Waals surface area (Å²) in [4.78, 5) is 11.5. The number of hydrogen-bond acceptors (Lipinski definition) is 2. The molecule has 0 fully saturated rings. The minimum atomic E-state index is 0.0384. The van der Waals surface area contributed by atoms with Gasteiger partial charge in [0.1, 0.15) is 0 Å². The van der Waals surface area contributed by atoms with Crippen molar-refractivity contribution in [1.29, 1.82) is 0 Å². The van der Waals surface area contributed by atoms with Crippen LogP contribution in [0.1, 0.15) is 20.3 Å². The predicted octanol–water partition coefficient (Wildman–Crippen LogP) is 2.25. The fourth-order valence-electron chi connectivity index (χ4n) is 1.07. The number of carbonyl (C=O) groups is 1. The number of nitrogens with one attached hydrogen (secondary N) is 1. The van der Waals surface area contributed by atoms with Gasteiger partial charge in [-0.25, -0.2) is 0 Å². The van der Waals surface area contributed by atoms with Gasteiger partial charge in [0.2, 0.25) is 5.91 Å². The molecule has 76 valence electrons. The van der Waals surface area contributed by atoms with E-state index in [2.05, 4.69) is 5.32 Å². The van der Waals surface area contributed by atoms with E-state index in [4.69, 9.17) is 5.73 Å². The van der Waals surface area contributed by atoms with Crippen LogP contribution in [-0.2, 0) is 4.79 Å². The second-order valence-electron chi connectivity index (χ2n) is 3.42. The molecule has 0 saturated heterocycles. The minimum absolute atomic E-state index is 0.0384. The Hall–Kier alpha value is -1.51. The van der Waals surface area contributed by atoms with Gasteiger partial charge in [0.25, 0.3) is 0 Å². The molecule has 14 heavy (non-hydrogen) atoms. The molecule has 0 heterocycles. The number of rotatable bonds is 3. The predicted molar refractivity (Wildman–Crippen MR) is 58.9 cm³/mol. The highest BCUT2D eigenvalue weighted by atomic mass is 16.1. The molecule has 0 aliphatic carbocycles. The number of hydrogen-bond donors (Lipinski definition) is 2. The van der Waals surface area contributed by atoms with E-state index in [9.17, 15) is 4.79 Å². The summed E-state index contributed by atoms with van der Waals surface area (Å²) in [6.07, 6.45) is 0.841. The first-order valence-corrected chi connectivity index (χ1v) is 4.80. The molecule has 0 spiro atoms. The summed E-state index contributed by atoms with van der Waals surface area (Å²) < 4.78 is 0. The minimum Gasteiger partial charge on any atom is -0.399 e. The fraction of sp³-hybridized carbons (Fsp3) is 0.364. The van der Waals surface area contributed by atoms with Gasteiger partial charge in [-0.3, -0.25) is 4.79 Å². The van der Waals surface area contributed by atoms with Crippen LogP contribution >= 0.6 is 0 Å². The zero-order valence-electron chi connectivity index (χ0n) is 8.58. The van der Waals surface area contributed by atoms with E-state index >= 15 is 0 Å². The molecule has 1 amide bonds. The topological polar surface area (TPSA) is 55.1 Å². The van der Waals surface area contributed by atoms with Gasteiger partial charge in [0.05, 0.1) is 0 Å². The molecule has 3 heteroatoms. The molecule has 1 atom stereocenters. The van der Waals surface area contributed by atoms with Gasteiger partial charge in [-0.2, -0.15) is 0 Å². The Labute approximate surface area is 84.3 Å². The highest BCUT2D eigenvalue weighted by Gasteiger charge is 2.09. The number of nitrogen functional groups attached to an aromatic ring is 1. The molecular formula is C11H16N2O.